The second kappa shape index (κ2) is 8.68. The Morgan fingerprint density at radius 3 is 2.68 bits per heavy atom. The van der Waals surface area contributed by atoms with Gasteiger partial charge in [0, 0.05) is 44.3 Å². The van der Waals surface area contributed by atoms with Crippen LogP contribution in [-0.4, -0.2) is 52.8 Å². The summed E-state index contributed by atoms with van der Waals surface area (Å²) in [6.07, 6.45) is 3.34. The van der Waals surface area contributed by atoms with E-state index in [9.17, 15) is 0 Å². The average molecular weight is 456 g/mol. The lowest BCUT2D eigenvalue weighted by Crippen LogP contribution is -2.46. The predicted octanol–water partition coefficient (Wildman–Crippen LogP) is 3.40. The van der Waals surface area contributed by atoms with E-state index in [1.165, 1.54) is 5.56 Å². The molecule has 0 unspecified atom stereocenters. The van der Waals surface area contributed by atoms with Gasteiger partial charge in [0.2, 0.25) is 6.79 Å². The summed E-state index contributed by atoms with van der Waals surface area (Å²) in [4.78, 5) is 18.0. The summed E-state index contributed by atoms with van der Waals surface area (Å²) in [6, 6.07) is 16.1. The summed E-state index contributed by atoms with van der Waals surface area (Å²) >= 11 is 0. The smallest absolute Gasteiger partial charge is 0.231 e. The van der Waals surface area contributed by atoms with Crippen molar-refractivity contribution in [1.82, 2.24) is 19.9 Å². The summed E-state index contributed by atoms with van der Waals surface area (Å²) in [6.45, 7) is 4.65. The molecule has 2 aromatic heterocycles. The average Bonchev–Trinajstić information content (AvgIpc) is 3.34. The van der Waals surface area contributed by atoms with Crippen LogP contribution in [0.4, 0.5) is 23.0 Å². The molecule has 0 radical (unpaired) electrons. The van der Waals surface area contributed by atoms with E-state index in [1.807, 2.05) is 36.4 Å². The van der Waals surface area contributed by atoms with Crippen molar-refractivity contribution in [3.63, 3.8) is 0 Å². The Hall–Kier alpha value is -4.11. The third kappa shape index (κ3) is 3.90. The molecule has 34 heavy (non-hydrogen) atoms. The number of hydrogen-bond donors (Lipinski definition) is 2. The highest BCUT2D eigenvalue weighted by Gasteiger charge is 2.22. The number of pyridine rings is 1. The summed E-state index contributed by atoms with van der Waals surface area (Å²) in [5, 5.41) is 4.41. The van der Waals surface area contributed by atoms with Crippen molar-refractivity contribution < 1.29 is 9.47 Å². The van der Waals surface area contributed by atoms with Crippen LogP contribution in [0.2, 0.25) is 0 Å². The molecule has 0 bridgehead atoms. The van der Waals surface area contributed by atoms with Gasteiger partial charge in [-0.15, -0.1) is 0 Å². The van der Waals surface area contributed by atoms with Crippen LogP contribution in [0.5, 0.6) is 11.5 Å². The standard InChI is InChI=1S/C25H25N7O2/c26-22-24(30-19-5-1-3-18-4-2-8-27-23(18)19)28-15-29-25(22)32-11-9-31(10-12-32)14-17-6-7-20-21(13-17)34-16-33-20/h1-8,13,15H,9-12,14,16,26H2,(H,28,29,30). The molecule has 0 spiro atoms. The molecule has 6 rings (SSSR count). The van der Waals surface area contributed by atoms with Crippen molar-refractivity contribution in [1.29, 1.82) is 0 Å². The molecule has 0 saturated carbocycles. The fraction of sp³-hybridized carbons (Fsp3) is 0.240. The zero-order valence-electron chi connectivity index (χ0n) is 18.6. The van der Waals surface area contributed by atoms with Gasteiger partial charge >= 0.3 is 0 Å². The number of benzene rings is 2. The number of ether oxygens (including phenoxy) is 2. The molecular weight excluding hydrogens is 430 g/mol. The molecule has 172 valence electrons. The van der Waals surface area contributed by atoms with Gasteiger partial charge in [-0.3, -0.25) is 9.88 Å². The van der Waals surface area contributed by atoms with Crippen molar-refractivity contribution in [3.05, 3.63) is 66.6 Å². The second-order valence-electron chi connectivity index (χ2n) is 8.42. The Bertz CT molecular complexity index is 1330. The van der Waals surface area contributed by atoms with Crippen molar-refractivity contribution in [2.75, 3.05) is 48.9 Å². The second-order valence-corrected chi connectivity index (χ2v) is 8.42. The van der Waals surface area contributed by atoms with Gasteiger partial charge in [0.25, 0.3) is 0 Å². The third-order valence-corrected chi connectivity index (χ3v) is 6.26. The topological polar surface area (TPSA) is 102 Å². The van der Waals surface area contributed by atoms with Crippen molar-refractivity contribution in [2.24, 2.45) is 0 Å². The van der Waals surface area contributed by atoms with Gasteiger partial charge in [0.1, 0.15) is 12.0 Å². The largest absolute Gasteiger partial charge is 0.454 e. The number of nitrogen functional groups attached to an aromatic ring is 1. The number of piperazine rings is 1. The van der Waals surface area contributed by atoms with Crippen molar-refractivity contribution in [2.45, 2.75) is 6.54 Å². The Kier molecular flexibility index (Phi) is 5.23. The highest BCUT2D eigenvalue weighted by atomic mass is 16.7. The van der Waals surface area contributed by atoms with Crippen LogP contribution in [0.3, 0.4) is 0 Å². The summed E-state index contributed by atoms with van der Waals surface area (Å²) in [7, 11) is 0. The molecule has 9 heteroatoms. The van der Waals surface area contributed by atoms with E-state index in [2.05, 4.69) is 42.2 Å². The molecule has 2 aliphatic heterocycles. The number of anilines is 4. The minimum absolute atomic E-state index is 0.297. The van der Waals surface area contributed by atoms with Crippen LogP contribution in [0.1, 0.15) is 5.56 Å². The van der Waals surface area contributed by atoms with Gasteiger partial charge in [-0.05, 0) is 29.8 Å². The quantitative estimate of drug-likeness (QED) is 0.469. The van der Waals surface area contributed by atoms with Crippen LogP contribution in [0.15, 0.2) is 61.1 Å². The Morgan fingerprint density at radius 2 is 1.76 bits per heavy atom. The highest BCUT2D eigenvalue weighted by molar-refractivity contribution is 5.93. The van der Waals surface area contributed by atoms with E-state index in [-0.39, 0.29) is 0 Å². The van der Waals surface area contributed by atoms with Gasteiger partial charge in [-0.2, -0.15) is 0 Å². The number of nitrogens with one attached hydrogen (secondary N) is 1. The van der Waals surface area contributed by atoms with E-state index < -0.39 is 0 Å². The van der Waals surface area contributed by atoms with E-state index in [1.54, 1.807) is 12.5 Å². The van der Waals surface area contributed by atoms with Crippen molar-refractivity contribution >= 4 is 33.9 Å². The molecule has 1 fully saturated rings. The Balaban J connectivity index is 1.14. The van der Waals surface area contributed by atoms with Gasteiger partial charge in [0.05, 0.1) is 11.2 Å². The molecule has 9 nitrogen and oxygen atoms in total. The molecule has 3 N–H and O–H groups in total. The van der Waals surface area contributed by atoms with E-state index in [4.69, 9.17) is 15.2 Å². The lowest BCUT2D eigenvalue weighted by atomic mass is 10.1. The molecular formula is C25H25N7O2. The number of nitrogens with zero attached hydrogens (tertiary/aromatic N) is 5. The van der Waals surface area contributed by atoms with Crippen LogP contribution >= 0.6 is 0 Å². The van der Waals surface area contributed by atoms with Gasteiger partial charge in [-0.1, -0.05) is 24.3 Å². The number of hydrogen-bond acceptors (Lipinski definition) is 9. The minimum Gasteiger partial charge on any atom is -0.454 e. The van der Waals surface area contributed by atoms with E-state index in [0.29, 0.717) is 18.3 Å². The van der Waals surface area contributed by atoms with Crippen LogP contribution < -0.4 is 25.4 Å². The maximum atomic E-state index is 6.53. The maximum absolute atomic E-state index is 6.53. The summed E-state index contributed by atoms with van der Waals surface area (Å²) in [5.74, 6) is 2.99. The van der Waals surface area contributed by atoms with Gasteiger partial charge in [0.15, 0.2) is 23.1 Å². The minimum atomic E-state index is 0.297. The fourth-order valence-electron chi connectivity index (χ4n) is 4.49. The van der Waals surface area contributed by atoms with E-state index >= 15 is 0 Å². The molecule has 4 heterocycles. The number of para-hydroxylation sites is 1. The molecule has 2 aliphatic rings. The van der Waals surface area contributed by atoms with Crippen molar-refractivity contribution in [3.8, 4) is 11.5 Å². The number of aromatic nitrogens is 3. The Labute approximate surface area is 197 Å². The van der Waals surface area contributed by atoms with E-state index in [0.717, 1.165) is 66.6 Å². The molecule has 2 aromatic carbocycles. The first-order valence-electron chi connectivity index (χ1n) is 11.3. The molecule has 0 amide bonds. The highest BCUT2D eigenvalue weighted by Crippen LogP contribution is 2.34. The predicted molar refractivity (Wildman–Crippen MR) is 132 cm³/mol. The number of fused-ring (bicyclic) bond motifs is 2. The zero-order valence-corrected chi connectivity index (χ0v) is 18.6. The fourth-order valence-corrected chi connectivity index (χ4v) is 4.49. The molecule has 0 aliphatic carbocycles. The normalized spacial score (nSPS) is 15.6. The first kappa shape index (κ1) is 20.5. The SMILES string of the molecule is Nc1c(Nc2cccc3cccnc23)ncnc1N1CCN(Cc2ccc3c(c2)OCO3)CC1. The van der Waals surface area contributed by atoms with Crippen LogP contribution in [0, 0.1) is 0 Å². The summed E-state index contributed by atoms with van der Waals surface area (Å²) in [5.41, 5.74) is 10.0. The molecule has 4 aromatic rings. The number of nitrogens with two attached hydrogens (primary N) is 1. The van der Waals surface area contributed by atoms with Gasteiger partial charge in [-0.25, -0.2) is 9.97 Å². The molecule has 0 atom stereocenters. The maximum Gasteiger partial charge on any atom is 0.231 e. The zero-order chi connectivity index (χ0) is 22.9. The molecule has 1 saturated heterocycles. The summed E-state index contributed by atoms with van der Waals surface area (Å²) < 4.78 is 10.9. The first-order chi connectivity index (χ1) is 16.7. The van der Waals surface area contributed by atoms with Crippen LogP contribution in [0.25, 0.3) is 10.9 Å². The van der Waals surface area contributed by atoms with Gasteiger partial charge < -0.3 is 25.4 Å². The third-order valence-electron chi connectivity index (χ3n) is 6.26. The lowest BCUT2D eigenvalue weighted by molar-refractivity contribution is 0.174. The van der Waals surface area contributed by atoms with Crippen LogP contribution in [-0.2, 0) is 6.54 Å². The first-order valence-corrected chi connectivity index (χ1v) is 11.3. The number of rotatable bonds is 5. The monoisotopic (exact) mass is 455 g/mol. The lowest BCUT2D eigenvalue weighted by Gasteiger charge is -2.36. The Morgan fingerprint density at radius 1 is 0.912 bits per heavy atom.